The van der Waals surface area contributed by atoms with Gasteiger partial charge < -0.3 is 18.9 Å². The predicted molar refractivity (Wildman–Crippen MR) is 112 cm³/mol. The Kier molecular flexibility index (Phi) is 7.85. The van der Waals surface area contributed by atoms with Gasteiger partial charge in [-0.25, -0.2) is 0 Å². The Balaban J connectivity index is 1.43. The Labute approximate surface area is 177 Å². The largest absolute Gasteiger partial charge is 0.491 e. The number of carbonyl (C=O) groups excluding carboxylic acids is 2. The van der Waals surface area contributed by atoms with Crippen molar-refractivity contribution in [2.24, 2.45) is 11.8 Å². The lowest BCUT2D eigenvalue weighted by Gasteiger charge is -2.25. The Morgan fingerprint density at radius 3 is 1.63 bits per heavy atom. The van der Waals surface area contributed by atoms with Gasteiger partial charge >= 0.3 is 11.9 Å². The summed E-state index contributed by atoms with van der Waals surface area (Å²) in [6, 6.07) is 14.4. The third-order valence-electron chi connectivity index (χ3n) is 5.23. The molecule has 0 aromatic heterocycles. The van der Waals surface area contributed by atoms with Gasteiger partial charge in [0.05, 0.1) is 18.4 Å². The highest BCUT2D eigenvalue weighted by Crippen LogP contribution is 2.31. The van der Waals surface area contributed by atoms with E-state index in [-0.39, 0.29) is 23.8 Å². The average Bonchev–Trinajstić information content (AvgIpc) is 2.77. The lowest BCUT2D eigenvalue weighted by molar-refractivity contribution is -0.145. The molecule has 0 radical (unpaired) electrons. The highest BCUT2D eigenvalue weighted by atomic mass is 16.5. The summed E-state index contributed by atoms with van der Waals surface area (Å²) in [5, 5.41) is 0. The first-order valence-electron chi connectivity index (χ1n) is 10.3. The smallest absolute Gasteiger partial charge is 0.314 e. The summed E-state index contributed by atoms with van der Waals surface area (Å²) >= 11 is 0. The van der Waals surface area contributed by atoms with Crippen LogP contribution < -0.4 is 14.2 Å². The molecule has 160 valence electrons. The Morgan fingerprint density at radius 1 is 0.733 bits per heavy atom. The van der Waals surface area contributed by atoms with Crippen LogP contribution in [0.25, 0.3) is 0 Å². The highest BCUT2D eigenvalue weighted by molar-refractivity contribution is 5.77. The molecule has 6 heteroatoms. The van der Waals surface area contributed by atoms with Crippen molar-refractivity contribution < 1.29 is 28.5 Å². The van der Waals surface area contributed by atoms with Crippen molar-refractivity contribution in [1.29, 1.82) is 0 Å². The first-order chi connectivity index (χ1) is 14.5. The van der Waals surface area contributed by atoms with Crippen LogP contribution in [0.5, 0.6) is 17.2 Å². The summed E-state index contributed by atoms with van der Waals surface area (Å²) in [4.78, 5) is 24.9. The Morgan fingerprint density at radius 2 is 1.17 bits per heavy atom. The van der Waals surface area contributed by atoms with Crippen LogP contribution in [0.3, 0.4) is 0 Å². The van der Waals surface area contributed by atoms with Crippen LogP contribution in [0, 0.1) is 18.8 Å². The minimum atomic E-state index is -0.256. The third kappa shape index (κ3) is 6.32. The first-order valence-corrected chi connectivity index (χ1v) is 10.3. The summed E-state index contributed by atoms with van der Waals surface area (Å²) in [5.74, 6) is 0.870. The molecule has 0 unspecified atom stereocenters. The Hall–Kier alpha value is -2.86. The van der Waals surface area contributed by atoms with Gasteiger partial charge in [0.15, 0.2) is 0 Å². The van der Waals surface area contributed by atoms with E-state index in [0.29, 0.717) is 56.1 Å². The fourth-order valence-electron chi connectivity index (χ4n) is 3.42. The third-order valence-corrected chi connectivity index (χ3v) is 5.23. The summed E-state index contributed by atoms with van der Waals surface area (Å²) in [5.41, 5.74) is 1.11. The van der Waals surface area contributed by atoms with Crippen molar-refractivity contribution in [3.05, 3.63) is 54.1 Å². The minimum Gasteiger partial charge on any atom is -0.491 e. The fourth-order valence-corrected chi connectivity index (χ4v) is 3.42. The fraction of sp³-hybridized carbons (Fsp3) is 0.417. The Bertz CT molecular complexity index is 820. The number of rotatable bonds is 8. The van der Waals surface area contributed by atoms with Gasteiger partial charge in [0.25, 0.3) is 0 Å². The van der Waals surface area contributed by atoms with Crippen molar-refractivity contribution in [3.8, 4) is 17.2 Å². The van der Waals surface area contributed by atoms with Crippen molar-refractivity contribution in [1.82, 2.24) is 0 Å². The number of methoxy groups -OCH3 is 1. The molecule has 0 aliphatic heterocycles. The van der Waals surface area contributed by atoms with Crippen LogP contribution in [-0.4, -0.2) is 32.3 Å². The van der Waals surface area contributed by atoms with E-state index in [1.165, 1.54) is 0 Å². The van der Waals surface area contributed by atoms with E-state index in [1.54, 1.807) is 43.5 Å². The maximum Gasteiger partial charge on any atom is 0.314 e. The number of hydrogen-bond acceptors (Lipinski definition) is 6. The molecular formula is C24H28O6. The number of benzene rings is 2. The lowest BCUT2D eigenvalue weighted by atomic mass is 9.82. The standard InChI is InChI=1S/C24H28O6/c1-17-3-9-21(10-4-17)29-23(25)18-5-7-19(8-6-18)24(26)30-22-13-11-20(12-14-22)28-16-15-27-2/h3-4,9-14,18-19H,5-8,15-16H2,1-2H3. The monoisotopic (exact) mass is 412 g/mol. The van der Waals surface area contributed by atoms with Gasteiger partial charge in [-0.05, 0) is 69.0 Å². The second-order valence-electron chi connectivity index (χ2n) is 7.52. The maximum atomic E-state index is 12.5. The zero-order valence-corrected chi connectivity index (χ0v) is 17.5. The number of ether oxygens (including phenoxy) is 4. The van der Waals surface area contributed by atoms with Gasteiger partial charge in [0, 0.05) is 7.11 Å². The molecule has 0 bridgehead atoms. The topological polar surface area (TPSA) is 71.1 Å². The van der Waals surface area contributed by atoms with Crippen LogP contribution in [-0.2, 0) is 14.3 Å². The number of carbonyl (C=O) groups is 2. The number of hydrogen-bond donors (Lipinski definition) is 0. The molecule has 0 N–H and O–H groups in total. The summed E-state index contributed by atoms with van der Waals surface area (Å²) in [6.45, 7) is 2.96. The van der Waals surface area contributed by atoms with Crippen molar-refractivity contribution in [2.75, 3.05) is 20.3 Å². The van der Waals surface area contributed by atoms with Gasteiger partial charge in [0.2, 0.25) is 0 Å². The zero-order chi connectivity index (χ0) is 21.3. The summed E-state index contributed by atoms with van der Waals surface area (Å²) in [6.07, 6.45) is 2.48. The van der Waals surface area contributed by atoms with Crippen LogP contribution in [0.4, 0.5) is 0 Å². The van der Waals surface area contributed by atoms with Gasteiger partial charge in [0.1, 0.15) is 23.9 Å². The second-order valence-corrected chi connectivity index (χ2v) is 7.52. The SMILES string of the molecule is COCCOc1ccc(OC(=O)C2CCC(C(=O)Oc3ccc(C)cc3)CC2)cc1. The van der Waals surface area contributed by atoms with E-state index >= 15 is 0 Å². The molecule has 3 rings (SSSR count). The van der Waals surface area contributed by atoms with E-state index in [0.717, 1.165) is 5.56 Å². The maximum absolute atomic E-state index is 12.5. The lowest BCUT2D eigenvalue weighted by Crippen LogP contribution is -2.30. The molecule has 1 aliphatic carbocycles. The predicted octanol–water partition coefficient (Wildman–Crippen LogP) is 4.34. The molecule has 0 spiro atoms. The molecular weight excluding hydrogens is 384 g/mol. The number of esters is 2. The highest BCUT2D eigenvalue weighted by Gasteiger charge is 2.32. The normalized spacial score (nSPS) is 18.5. The van der Waals surface area contributed by atoms with Crippen molar-refractivity contribution in [2.45, 2.75) is 32.6 Å². The molecule has 2 aromatic carbocycles. The van der Waals surface area contributed by atoms with Crippen molar-refractivity contribution in [3.63, 3.8) is 0 Å². The van der Waals surface area contributed by atoms with Crippen LogP contribution in [0.15, 0.2) is 48.5 Å². The zero-order valence-electron chi connectivity index (χ0n) is 17.5. The molecule has 0 atom stereocenters. The van der Waals surface area contributed by atoms with Gasteiger partial charge in [-0.1, -0.05) is 17.7 Å². The van der Waals surface area contributed by atoms with E-state index in [4.69, 9.17) is 18.9 Å². The van der Waals surface area contributed by atoms with Gasteiger partial charge in [-0.3, -0.25) is 9.59 Å². The molecule has 6 nitrogen and oxygen atoms in total. The summed E-state index contributed by atoms with van der Waals surface area (Å²) < 4.78 is 21.4. The average molecular weight is 412 g/mol. The summed E-state index contributed by atoms with van der Waals surface area (Å²) in [7, 11) is 1.62. The number of aryl methyl sites for hydroxylation is 1. The van der Waals surface area contributed by atoms with Gasteiger partial charge in [-0.15, -0.1) is 0 Å². The molecule has 1 saturated carbocycles. The van der Waals surface area contributed by atoms with Crippen LogP contribution in [0.1, 0.15) is 31.2 Å². The van der Waals surface area contributed by atoms with E-state index < -0.39 is 0 Å². The van der Waals surface area contributed by atoms with Crippen molar-refractivity contribution >= 4 is 11.9 Å². The van der Waals surface area contributed by atoms with Crippen LogP contribution in [0.2, 0.25) is 0 Å². The molecule has 1 fully saturated rings. The quantitative estimate of drug-likeness (QED) is 0.365. The van der Waals surface area contributed by atoms with Crippen LogP contribution >= 0.6 is 0 Å². The second kappa shape index (κ2) is 10.8. The molecule has 0 heterocycles. The first kappa shape index (κ1) is 21.8. The minimum absolute atomic E-state index is 0.182. The molecule has 0 amide bonds. The molecule has 0 saturated heterocycles. The van der Waals surface area contributed by atoms with E-state index in [2.05, 4.69) is 0 Å². The molecule has 1 aliphatic rings. The van der Waals surface area contributed by atoms with E-state index in [1.807, 2.05) is 19.1 Å². The molecule has 30 heavy (non-hydrogen) atoms. The van der Waals surface area contributed by atoms with Gasteiger partial charge in [-0.2, -0.15) is 0 Å². The molecule has 2 aromatic rings. The van der Waals surface area contributed by atoms with E-state index in [9.17, 15) is 9.59 Å².